The van der Waals surface area contributed by atoms with Crippen LogP contribution in [-0.2, 0) is 6.42 Å². The average molecular weight is 398 g/mol. The SMILES string of the molecule is COc1ccc(-c2nc3c(s2)[C@@H](NC(=O)c2ccc(C(=O)O)o2)CCC3)cc1. The van der Waals surface area contributed by atoms with Gasteiger partial charge in [0.25, 0.3) is 5.91 Å². The first-order chi connectivity index (χ1) is 13.5. The van der Waals surface area contributed by atoms with Gasteiger partial charge in [0.15, 0.2) is 5.76 Å². The zero-order valence-electron chi connectivity index (χ0n) is 15.1. The van der Waals surface area contributed by atoms with Gasteiger partial charge in [0.1, 0.15) is 10.8 Å². The quantitative estimate of drug-likeness (QED) is 0.675. The lowest BCUT2D eigenvalue weighted by atomic mass is 9.98. The molecule has 1 aromatic carbocycles. The van der Waals surface area contributed by atoms with Crippen LogP contribution in [-0.4, -0.2) is 29.1 Å². The second-order valence-electron chi connectivity index (χ2n) is 6.45. The summed E-state index contributed by atoms with van der Waals surface area (Å²) in [7, 11) is 1.63. The second kappa shape index (κ2) is 7.47. The van der Waals surface area contributed by atoms with Crippen molar-refractivity contribution in [3.05, 3.63) is 58.5 Å². The van der Waals surface area contributed by atoms with Gasteiger partial charge >= 0.3 is 5.97 Å². The first-order valence-electron chi connectivity index (χ1n) is 8.83. The number of aromatic carboxylic acids is 1. The molecule has 1 aliphatic carbocycles. The highest BCUT2D eigenvalue weighted by molar-refractivity contribution is 7.15. The highest BCUT2D eigenvalue weighted by Crippen LogP contribution is 2.38. The van der Waals surface area contributed by atoms with E-state index in [1.54, 1.807) is 18.4 Å². The maximum atomic E-state index is 12.5. The third-order valence-electron chi connectivity index (χ3n) is 4.63. The average Bonchev–Trinajstić information content (AvgIpc) is 3.36. The molecule has 7 nitrogen and oxygen atoms in total. The van der Waals surface area contributed by atoms with Crippen molar-refractivity contribution in [3.8, 4) is 16.3 Å². The summed E-state index contributed by atoms with van der Waals surface area (Å²) in [5.74, 6) is -1.11. The van der Waals surface area contributed by atoms with Crippen molar-refractivity contribution in [2.24, 2.45) is 0 Å². The van der Waals surface area contributed by atoms with E-state index in [-0.39, 0.29) is 17.6 Å². The van der Waals surface area contributed by atoms with Gasteiger partial charge in [-0.05, 0) is 55.7 Å². The monoisotopic (exact) mass is 398 g/mol. The summed E-state index contributed by atoms with van der Waals surface area (Å²) < 4.78 is 10.3. The number of ether oxygens (including phenoxy) is 1. The minimum atomic E-state index is -1.20. The molecule has 0 spiro atoms. The lowest BCUT2D eigenvalue weighted by molar-refractivity contribution is 0.0659. The molecule has 2 heterocycles. The number of amides is 1. The van der Waals surface area contributed by atoms with Crippen LogP contribution in [0.2, 0.25) is 0 Å². The molecular formula is C20H18N2O5S. The Morgan fingerprint density at radius 3 is 2.64 bits per heavy atom. The molecule has 0 saturated heterocycles. The van der Waals surface area contributed by atoms with Crippen molar-refractivity contribution >= 4 is 23.2 Å². The first-order valence-corrected chi connectivity index (χ1v) is 9.65. The Balaban J connectivity index is 1.55. The number of benzene rings is 1. The molecule has 4 rings (SSSR count). The topological polar surface area (TPSA) is 102 Å². The van der Waals surface area contributed by atoms with E-state index in [2.05, 4.69) is 5.32 Å². The Labute approximate surface area is 165 Å². The number of methoxy groups -OCH3 is 1. The van der Waals surface area contributed by atoms with E-state index < -0.39 is 11.9 Å². The van der Waals surface area contributed by atoms with Crippen molar-refractivity contribution in [3.63, 3.8) is 0 Å². The number of hydrogen-bond donors (Lipinski definition) is 2. The fourth-order valence-corrected chi connectivity index (χ4v) is 4.42. The van der Waals surface area contributed by atoms with Gasteiger partial charge in [-0.15, -0.1) is 11.3 Å². The Morgan fingerprint density at radius 1 is 1.21 bits per heavy atom. The molecule has 0 unspecified atom stereocenters. The number of thiazole rings is 1. The van der Waals surface area contributed by atoms with Gasteiger partial charge in [0.2, 0.25) is 5.76 Å². The zero-order valence-corrected chi connectivity index (χ0v) is 15.9. The van der Waals surface area contributed by atoms with Gasteiger partial charge in [-0.25, -0.2) is 9.78 Å². The van der Waals surface area contributed by atoms with Crippen molar-refractivity contribution in [1.29, 1.82) is 0 Å². The number of carboxylic acid groups (broad SMARTS) is 1. The fourth-order valence-electron chi connectivity index (χ4n) is 3.22. The molecule has 0 aliphatic heterocycles. The third-order valence-corrected chi connectivity index (χ3v) is 5.89. The summed E-state index contributed by atoms with van der Waals surface area (Å²) in [5.41, 5.74) is 2.00. The third kappa shape index (κ3) is 3.50. The summed E-state index contributed by atoms with van der Waals surface area (Å²) in [6.07, 6.45) is 2.59. The predicted molar refractivity (Wildman–Crippen MR) is 103 cm³/mol. The molecule has 1 aliphatic rings. The number of nitrogens with zero attached hydrogens (tertiary/aromatic N) is 1. The van der Waals surface area contributed by atoms with Crippen LogP contribution in [0.15, 0.2) is 40.8 Å². The number of fused-ring (bicyclic) bond motifs is 1. The largest absolute Gasteiger partial charge is 0.497 e. The van der Waals surface area contributed by atoms with Gasteiger partial charge in [0.05, 0.1) is 23.7 Å². The molecule has 8 heteroatoms. The molecule has 1 atom stereocenters. The second-order valence-corrected chi connectivity index (χ2v) is 7.48. The molecule has 0 fully saturated rings. The number of nitrogens with one attached hydrogen (secondary N) is 1. The van der Waals surface area contributed by atoms with E-state index in [1.807, 2.05) is 24.3 Å². The maximum absolute atomic E-state index is 12.5. The van der Waals surface area contributed by atoms with E-state index in [9.17, 15) is 9.59 Å². The molecule has 2 aromatic heterocycles. The standard InChI is InChI=1S/C20H18N2O5S/c1-26-12-7-5-11(6-8-12)19-22-14-4-2-3-13(17(14)28-19)21-18(23)15-9-10-16(27-15)20(24)25/h5-10,13H,2-4H2,1H3,(H,21,23)(H,24,25)/t13-/m0/s1. The molecule has 2 N–H and O–H groups in total. The highest BCUT2D eigenvalue weighted by atomic mass is 32.1. The molecule has 0 saturated carbocycles. The Bertz CT molecular complexity index is 1020. The van der Waals surface area contributed by atoms with E-state index in [0.29, 0.717) is 0 Å². The fraction of sp³-hybridized carbons (Fsp3) is 0.250. The normalized spacial score (nSPS) is 15.7. The molecule has 0 radical (unpaired) electrons. The van der Waals surface area contributed by atoms with Crippen LogP contribution in [0.4, 0.5) is 0 Å². The summed E-state index contributed by atoms with van der Waals surface area (Å²) in [6, 6.07) is 10.2. The number of aryl methyl sites for hydroxylation is 1. The number of rotatable bonds is 5. The first kappa shape index (κ1) is 18.2. The van der Waals surface area contributed by atoms with Crippen LogP contribution in [0, 0.1) is 0 Å². The van der Waals surface area contributed by atoms with E-state index in [1.165, 1.54) is 12.1 Å². The van der Waals surface area contributed by atoms with Crippen LogP contribution in [0.1, 0.15) is 50.6 Å². The molecule has 144 valence electrons. The number of carbonyl (C=O) groups is 2. The Kier molecular flexibility index (Phi) is 4.87. The van der Waals surface area contributed by atoms with Crippen molar-refractivity contribution < 1.29 is 23.8 Å². The van der Waals surface area contributed by atoms with Crippen molar-refractivity contribution in [2.75, 3.05) is 7.11 Å². The minimum absolute atomic E-state index is 0.00980. The minimum Gasteiger partial charge on any atom is -0.497 e. The van der Waals surface area contributed by atoms with Gasteiger partial charge in [-0.3, -0.25) is 4.79 Å². The molecule has 0 bridgehead atoms. The van der Waals surface area contributed by atoms with Gasteiger partial charge in [0, 0.05) is 5.56 Å². The molecule has 28 heavy (non-hydrogen) atoms. The van der Waals surface area contributed by atoms with E-state index in [0.717, 1.165) is 46.2 Å². The van der Waals surface area contributed by atoms with E-state index >= 15 is 0 Å². The van der Waals surface area contributed by atoms with Crippen LogP contribution in [0.3, 0.4) is 0 Å². The van der Waals surface area contributed by atoms with Crippen LogP contribution in [0.5, 0.6) is 5.75 Å². The van der Waals surface area contributed by atoms with Crippen molar-refractivity contribution in [2.45, 2.75) is 25.3 Å². The van der Waals surface area contributed by atoms with Gasteiger partial charge < -0.3 is 19.6 Å². The van der Waals surface area contributed by atoms with Crippen LogP contribution in [0.25, 0.3) is 10.6 Å². The van der Waals surface area contributed by atoms with Gasteiger partial charge in [-0.2, -0.15) is 0 Å². The number of aromatic nitrogens is 1. The van der Waals surface area contributed by atoms with Crippen LogP contribution < -0.4 is 10.1 Å². The lowest BCUT2D eigenvalue weighted by Crippen LogP contribution is -2.30. The zero-order chi connectivity index (χ0) is 19.7. The summed E-state index contributed by atoms with van der Waals surface area (Å²) >= 11 is 1.57. The maximum Gasteiger partial charge on any atom is 0.371 e. The number of hydrogen-bond acceptors (Lipinski definition) is 6. The lowest BCUT2D eigenvalue weighted by Gasteiger charge is -2.21. The number of carboxylic acids is 1. The Hall–Kier alpha value is -3.13. The molecule has 3 aromatic rings. The van der Waals surface area contributed by atoms with Gasteiger partial charge in [-0.1, -0.05) is 0 Å². The van der Waals surface area contributed by atoms with Crippen LogP contribution >= 0.6 is 11.3 Å². The predicted octanol–water partition coefficient (Wildman–Crippen LogP) is 3.92. The smallest absolute Gasteiger partial charge is 0.371 e. The summed E-state index contributed by atoms with van der Waals surface area (Å²) in [5, 5.41) is 12.8. The summed E-state index contributed by atoms with van der Waals surface area (Å²) in [4.78, 5) is 29.2. The summed E-state index contributed by atoms with van der Waals surface area (Å²) in [6.45, 7) is 0. The van der Waals surface area contributed by atoms with E-state index in [4.69, 9.17) is 19.2 Å². The molecular weight excluding hydrogens is 380 g/mol. The van der Waals surface area contributed by atoms with Crippen molar-refractivity contribution in [1.82, 2.24) is 10.3 Å². The highest BCUT2D eigenvalue weighted by Gasteiger charge is 2.27. The molecule has 1 amide bonds. The number of furan rings is 1. The number of carbonyl (C=O) groups excluding carboxylic acids is 1. The Morgan fingerprint density at radius 2 is 1.96 bits per heavy atom.